The number of nitrogens with zero attached hydrogens (tertiary/aromatic N) is 5. The number of hydrazine groups is 1. The molecular formula is C24H27F4N9O2. The summed E-state index contributed by atoms with van der Waals surface area (Å²) in [4.78, 5) is 28.1. The number of alkyl halides is 4. The zero-order valence-corrected chi connectivity index (χ0v) is 20.6. The number of halogens is 4. The second kappa shape index (κ2) is 13.3. The number of carbonyl (C=O) groups is 2. The van der Waals surface area contributed by atoms with E-state index in [0.29, 0.717) is 6.54 Å². The van der Waals surface area contributed by atoms with Crippen molar-refractivity contribution in [2.24, 2.45) is 11.6 Å². The van der Waals surface area contributed by atoms with E-state index in [-0.39, 0.29) is 43.1 Å². The van der Waals surface area contributed by atoms with Crippen molar-refractivity contribution in [2.75, 3.05) is 6.54 Å². The van der Waals surface area contributed by atoms with Crippen molar-refractivity contribution in [2.45, 2.75) is 38.4 Å². The van der Waals surface area contributed by atoms with Gasteiger partial charge in [-0.1, -0.05) is 35.5 Å². The van der Waals surface area contributed by atoms with Gasteiger partial charge < -0.3 is 21.4 Å². The minimum Gasteiger partial charge on any atom is -0.393 e. The van der Waals surface area contributed by atoms with Crippen molar-refractivity contribution >= 4 is 11.8 Å². The normalized spacial score (nSPS) is 12.6. The smallest absolute Gasteiger partial charge is 0.393 e. The summed E-state index contributed by atoms with van der Waals surface area (Å²) in [6.07, 6.45) is -2.63. The summed E-state index contributed by atoms with van der Waals surface area (Å²) in [6, 6.07) is 10.9. The van der Waals surface area contributed by atoms with Crippen molar-refractivity contribution in [1.82, 2.24) is 35.6 Å². The lowest BCUT2D eigenvalue weighted by Crippen LogP contribution is -2.36. The summed E-state index contributed by atoms with van der Waals surface area (Å²) in [5, 5.41) is 13.5. The Morgan fingerprint density at radius 2 is 1.87 bits per heavy atom. The Balaban J connectivity index is 1.41. The Kier molecular flexibility index (Phi) is 9.92. The molecule has 0 fully saturated rings. The van der Waals surface area contributed by atoms with Crippen LogP contribution in [0, 0.1) is 0 Å². The second-order valence-electron chi connectivity index (χ2n) is 8.42. The Hall–Kier alpha value is -4.53. The van der Waals surface area contributed by atoms with Gasteiger partial charge in [0.1, 0.15) is 11.9 Å². The van der Waals surface area contributed by atoms with Gasteiger partial charge in [-0.15, -0.1) is 5.10 Å². The van der Waals surface area contributed by atoms with Gasteiger partial charge in [-0.25, -0.2) is 10.2 Å². The van der Waals surface area contributed by atoms with Crippen molar-refractivity contribution in [3.63, 3.8) is 0 Å². The molecule has 0 saturated heterocycles. The fourth-order valence-electron chi connectivity index (χ4n) is 3.29. The number of amides is 2. The van der Waals surface area contributed by atoms with Crippen LogP contribution in [0.2, 0.25) is 0 Å². The van der Waals surface area contributed by atoms with Crippen LogP contribution >= 0.6 is 0 Å². The number of aromatic nitrogens is 4. The molecular weight excluding hydrogens is 522 g/mol. The first-order chi connectivity index (χ1) is 18.5. The predicted molar refractivity (Wildman–Crippen MR) is 131 cm³/mol. The van der Waals surface area contributed by atoms with Gasteiger partial charge in [-0.05, 0) is 17.7 Å². The molecule has 6 N–H and O–H groups in total. The minimum absolute atomic E-state index is 0.0238. The van der Waals surface area contributed by atoms with E-state index in [1.165, 1.54) is 10.9 Å². The molecule has 0 bridgehead atoms. The standard InChI is InChI=1S/C24H27F4N9O2/c25-18(7-9-37-15-21(34-35-37)23(39)32-11-16-4-2-1-3-5-16)13-36(30)14-20(29)22(38)33-12-19-10-17(6-8-31-19)24(26,27)28/h1-6,8,10,14-15,18H,7,9,11-13,29-30H2,(H,32,39)(H,33,38)/b20-14-. The molecule has 11 nitrogen and oxygen atoms in total. The Labute approximate surface area is 220 Å². The summed E-state index contributed by atoms with van der Waals surface area (Å²) in [5.74, 6) is 4.48. The zero-order chi connectivity index (χ0) is 28.4. The maximum atomic E-state index is 14.4. The molecule has 3 aromatic rings. The van der Waals surface area contributed by atoms with E-state index in [9.17, 15) is 27.2 Å². The van der Waals surface area contributed by atoms with Gasteiger partial charge in [-0.3, -0.25) is 19.3 Å². The van der Waals surface area contributed by atoms with Crippen LogP contribution in [0.1, 0.15) is 33.7 Å². The first-order valence-electron chi connectivity index (χ1n) is 11.7. The molecule has 39 heavy (non-hydrogen) atoms. The van der Waals surface area contributed by atoms with Crippen molar-refractivity contribution < 1.29 is 27.2 Å². The van der Waals surface area contributed by atoms with Gasteiger partial charge in [0, 0.05) is 31.9 Å². The molecule has 1 atom stereocenters. The first kappa shape index (κ1) is 29.0. The number of nitrogens with one attached hydrogen (secondary N) is 2. The van der Waals surface area contributed by atoms with Crippen LogP contribution in [0.15, 0.2) is 66.8 Å². The van der Waals surface area contributed by atoms with Gasteiger partial charge in [0.15, 0.2) is 5.69 Å². The first-order valence-corrected chi connectivity index (χ1v) is 11.7. The van der Waals surface area contributed by atoms with Gasteiger partial charge in [-0.2, -0.15) is 13.2 Å². The molecule has 208 valence electrons. The van der Waals surface area contributed by atoms with Crippen molar-refractivity contribution in [3.05, 3.63) is 89.3 Å². The Morgan fingerprint density at radius 3 is 2.59 bits per heavy atom. The number of carbonyl (C=O) groups excluding carboxylic acids is 2. The molecule has 0 saturated carbocycles. The van der Waals surface area contributed by atoms with E-state index in [0.717, 1.165) is 35.1 Å². The fraction of sp³-hybridized carbons (Fsp3) is 0.292. The lowest BCUT2D eigenvalue weighted by Gasteiger charge is -2.17. The summed E-state index contributed by atoms with van der Waals surface area (Å²) in [7, 11) is 0. The van der Waals surface area contributed by atoms with Crippen LogP contribution in [0.4, 0.5) is 17.6 Å². The predicted octanol–water partition coefficient (Wildman–Crippen LogP) is 1.64. The molecule has 2 heterocycles. The number of nitrogens with two attached hydrogens (primary N) is 2. The number of rotatable bonds is 12. The molecule has 0 spiro atoms. The number of pyridine rings is 1. The maximum Gasteiger partial charge on any atom is 0.416 e. The van der Waals surface area contributed by atoms with Crippen LogP contribution in [0.3, 0.4) is 0 Å². The molecule has 1 unspecified atom stereocenters. The van der Waals surface area contributed by atoms with Crippen LogP contribution < -0.4 is 22.2 Å². The van der Waals surface area contributed by atoms with E-state index in [4.69, 9.17) is 11.6 Å². The third kappa shape index (κ3) is 9.37. The van der Waals surface area contributed by atoms with Gasteiger partial charge in [0.25, 0.3) is 11.8 Å². The molecule has 0 aliphatic heterocycles. The highest BCUT2D eigenvalue weighted by molar-refractivity contribution is 5.92. The quantitative estimate of drug-likeness (QED) is 0.115. The molecule has 1 aromatic carbocycles. The van der Waals surface area contributed by atoms with E-state index < -0.39 is 29.7 Å². The minimum atomic E-state index is -4.54. The van der Waals surface area contributed by atoms with E-state index in [1.54, 1.807) is 0 Å². The lowest BCUT2D eigenvalue weighted by molar-refractivity contribution is -0.137. The van der Waals surface area contributed by atoms with Gasteiger partial charge in [0.2, 0.25) is 0 Å². The zero-order valence-electron chi connectivity index (χ0n) is 20.6. The summed E-state index contributed by atoms with van der Waals surface area (Å²) >= 11 is 0. The topological polar surface area (TPSA) is 157 Å². The maximum absolute atomic E-state index is 14.4. The van der Waals surface area contributed by atoms with Crippen LogP contribution in [0.5, 0.6) is 0 Å². The highest BCUT2D eigenvalue weighted by Crippen LogP contribution is 2.28. The monoisotopic (exact) mass is 549 g/mol. The van der Waals surface area contributed by atoms with Crippen molar-refractivity contribution in [1.29, 1.82) is 0 Å². The highest BCUT2D eigenvalue weighted by atomic mass is 19.4. The van der Waals surface area contributed by atoms with Crippen LogP contribution in [-0.2, 0) is 30.6 Å². The Bertz CT molecular complexity index is 1280. The summed E-state index contributed by atoms with van der Waals surface area (Å²) < 4.78 is 54.1. The van der Waals surface area contributed by atoms with Crippen molar-refractivity contribution in [3.8, 4) is 0 Å². The average molecular weight is 550 g/mol. The fourth-order valence-corrected chi connectivity index (χ4v) is 3.29. The Morgan fingerprint density at radius 1 is 1.13 bits per heavy atom. The third-order valence-electron chi connectivity index (χ3n) is 5.29. The number of aryl methyl sites for hydroxylation is 1. The lowest BCUT2D eigenvalue weighted by atomic mass is 10.2. The largest absolute Gasteiger partial charge is 0.416 e. The average Bonchev–Trinajstić information content (AvgIpc) is 3.38. The highest BCUT2D eigenvalue weighted by Gasteiger charge is 2.30. The summed E-state index contributed by atoms with van der Waals surface area (Å²) in [6.45, 7) is -0.195. The molecule has 0 aliphatic rings. The molecule has 15 heteroatoms. The molecule has 3 rings (SSSR count). The van der Waals surface area contributed by atoms with E-state index >= 15 is 0 Å². The van der Waals surface area contributed by atoms with E-state index in [1.807, 2.05) is 30.3 Å². The number of hydrogen-bond donors (Lipinski definition) is 4. The van der Waals surface area contributed by atoms with Gasteiger partial charge in [0.05, 0.1) is 30.5 Å². The number of benzene rings is 1. The SMILES string of the molecule is N/C(=C\N(N)CC(F)CCn1cc(C(=O)NCc2ccccc2)nn1)C(=O)NCc1cc(C(F)(F)F)ccn1. The molecule has 0 aliphatic carbocycles. The van der Waals surface area contributed by atoms with Gasteiger partial charge >= 0.3 is 6.18 Å². The second-order valence-corrected chi connectivity index (χ2v) is 8.42. The summed E-state index contributed by atoms with van der Waals surface area (Å²) in [5.41, 5.74) is 5.37. The van der Waals surface area contributed by atoms with Crippen LogP contribution in [0.25, 0.3) is 0 Å². The molecule has 2 amide bonds. The molecule has 0 radical (unpaired) electrons. The number of hydrogen-bond acceptors (Lipinski definition) is 8. The third-order valence-corrected chi connectivity index (χ3v) is 5.29. The van der Waals surface area contributed by atoms with Crippen LogP contribution in [-0.4, -0.2) is 49.5 Å². The van der Waals surface area contributed by atoms with E-state index in [2.05, 4.69) is 25.9 Å². The molecule has 2 aromatic heterocycles.